The third-order valence-electron chi connectivity index (χ3n) is 3.15. The molecule has 1 heterocycles. The van der Waals surface area contributed by atoms with E-state index in [9.17, 15) is 13.2 Å². The number of anilines is 1. The van der Waals surface area contributed by atoms with Crippen LogP contribution in [0.1, 0.15) is 18.4 Å². The number of rotatable bonds is 6. The van der Waals surface area contributed by atoms with Crippen LogP contribution in [0.3, 0.4) is 0 Å². The van der Waals surface area contributed by atoms with Gasteiger partial charge >= 0.3 is 5.97 Å². The molecule has 20 heavy (non-hydrogen) atoms. The van der Waals surface area contributed by atoms with Crippen molar-refractivity contribution in [3.63, 3.8) is 0 Å². The zero-order chi connectivity index (χ0) is 14.6. The van der Waals surface area contributed by atoms with Crippen LogP contribution in [-0.4, -0.2) is 43.2 Å². The maximum atomic E-state index is 11.5. The molecule has 0 aromatic heterocycles. The molecule has 6 nitrogen and oxygen atoms in total. The molecule has 0 radical (unpaired) electrons. The molecule has 0 saturated carbocycles. The largest absolute Gasteiger partial charge is 0.480 e. The fraction of sp³-hybridized carbons (Fsp3) is 0.462. The van der Waals surface area contributed by atoms with Crippen molar-refractivity contribution in [2.24, 2.45) is 0 Å². The number of aliphatic carboxylic acids is 1. The summed E-state index contributed by atoms with van der Waals surface area (Å²) in [5.41, 5.74) is 1.50. The van der Waals surface area contributed by atoms with E-state index in [0.29, 0.717) is 5.69 Å². The monoisotopic (exact) mass is 298 g/mol. The van der Waals surface area contributed by atoms with Crippen molar-refractivity contribution in [3.8, 4) is 0 Å². The lowest BCUT2D eigenvalue weighted by atomic mass is 10.2. The summed E-state index contributed by atoms with van der Waals surface area (Å²) in [5, 5.41) is 8.51. The van der Waals surface area contributed by atoms with Crippen LogP contribution < -0.4 is 4.72 Å². The van der Waals surface area contributed by atoms with Gasteiger partial charge in [0.2, 0.25) is 10.0 Å². The van der Waals surface area contributed by atoms with Gasteiger partial charge in [0.05, 0.1) is 0 Å². The van der Waals surface area contributed by atoms with E-state index in [1.165, 1.54) is 12.8 Å². The summed E-state index contributed by atoms with van der Waals surface area (Å²) in [5.74, 6) is -2.30. The van der Waals surface area contributed by atoms with E-state index in [1.54, 1.807) is 12.1 Å². The average Bonchev–Trinajstić information content (AvgIpc) is 2.82. The highest BCUT2D eigenvalue weighted by Crippen LogP contribution is 2.16. The van der Waals surface area contributed by atoms with Crippen LogP contribution in [0.25, 0.3) is 0 Å². The van der Waals surface area contributed by atoms with Crippen LogP contribution in [0.5, 0.6) is 0 Å². The topological polar surface area (TPSA) is 86.7 Å². The molecular weight excluding hydrogens is 280 g/mol. The molecule has 0 aliphatic carbocycles. The van der Waals surface area contributed by atoms with Gasteiger partial charge in [0.15, 0.2) is 5.75 Å². The Bertz CT molecular complexity index is 563. The first kappa shape index (κ1) is 14.8. The Hall–Kier alpha value is -1.60. The summed E-state index contributed by atoms with van der Waals surface area (Å²) >= 11 is 0. The molecule has 1 aromatic rings. The number of hydrogen-bond acceptors (Lipinski definition) is 4. The van der Waals surface area contributed by atoms with Gasteiger partial charge in [-0.05, 0) is 43.6 Å². The predicted octanol–water partition coefficient (Wildman–Crippen LogP) is 1.11. The number of carboxylic acid groups (broad SMARTS) is 1. The van der Waals surface area contributed by atoms with E-state index < -0.39 is 21.7 Å². The Labute approximate surface area is 118 Å². The molecule has 1 aliphatic rings. The Kier molecular flexibility index (Phi) is 4.61. The van der Waals surface area contributed by atoms with Crippen LogP contribution in [0.15, 0.2) is 24.3 Å². The zero-order valence-electron chi connectivity index (χ0n) is 11.1. The van der Waals surface area contributed by atoms with Crippen LogP contribution in [0, 0.1) is 0 Å². The Morgan fingerprint density at radius 1 is 1.20 bits per heavy atom. The first-order valence-corrected chi connectivity index (χ1v) is 8.13. The molecule has 1 aliphatic heterocycles. The van der Waals surface area contributed by atoms with Crippen molar-refractivity contribution in [1.29, 1.82) is 0 Å². The third kappa shape index (κ3) is 4.50. The van der Waals surface area contributed by atoms with E-state index in [2.05, 4.69) is 9.62 Å². The van der Waals surface area contributed by atoms with Crippen LogP contribution in [-0.2, 0) is 21.4 Å². The van der Waals surface area contributed by atoms with E-state index in [-0.39, 0.29) is 0 Å². The summed E-state index contributed by atoms with van der Waals surface area (Å²) in [6.07, 6.45) is 2.46. The molecule has 0 unspecified atom stereocenters. The normalized spacial score (nSPS) is 16.2. The molecule has 0 atom stereocenters. The van der Waals surface area contributed by atoms with E-state index >= 15 is 0 Å². The molecular formula is C13H18N2O4S. The van der Waals surface area contributed by atoms with Gasteiger partial charge in [-0.3, -0.25) is 14.4 Å². The fourth-order valence-corrected chi connectivity index (χ4v) is 3.15. The van der Waals surface area contributed by atoms with Gasteiger partial charge in [-0.1, -0.05) is 12.1 Å². The molecule has 0 spiro atoms. The number of nitrogens with zero attached hydrogens (tertiary/aromatic N) is 1. The minimum Gasteiger partial charge on any atom is -0.480 e. The van der Waals surface area contributed by atoms with Crippen molar-refractivity contribution in [2.45, 2.75) is 19.4 Å². The van der Waals surface area contributed by atoms with E-state index in [1.807, 2.05) is 12.1 Å². The highest BCUT2D eigenvalue weighted by Gasteiger charge is 2.16. The number of benzene rings is 1. The smallest absolute Gasteiger partial charge is 0.320 e. The van der Waals surface area contributed by atoms with Gasteiger partial charge in [0, 0.05) is 12.2 Å². The summed E-state index contributed by atoms with van der Waals surface area (Å²) in [7, 11) is -3.83. The molecule has 1 fully saturated rings. The van der Waals surface area contributed by atoms with Crippen LogP contribution in [0.2, 0.25) is 0 Å². The molecule has 0 bridgehead atoms. The average molecular weight is 298 g/mol. The lowest BCUT2D eigenvalue weighted by Gasteiger charge is -2.14. The lowest BCUT2D eigenvalue weighted by molar-refractivity contribution is -0.134. The van der Waals surface area contributed by atoms with Crippen molar-refractivity contribution in [1.82, 2.24) is 4.90 Å². The standard InChI is InChI=1S/C13H18N2O4S/c16-13(17)10-20(18,19)14-12-5-3-11(4-6-12)9-15-7-1-2-8-15/h3-6,14H,1-2,7-10H2,(H,16,17). The highest BCUT2D eigenvalue weighted by atomic mass is 32.2. The van der Waals surface area contributed by atoms with Gasteiger partial charge < -0.3 is 5.11 Å². The fourth-order valence-electron chi connectivity index (χ4n) is 2.26. The number of carboxylic acids is 1. The van der Waals surface area contributed by atoms with Crippen LogP contribution in [0.4, 0.5) is 5.69 Å². The zero-order valence-corrected chi connectivity index (χ0v) is 11.9. The Morgan fingerprint density at radius 3 is 2.35 bits per heavy atom. The van der Waals surface area contributed by atoms with Gasteiger partial charge in [-0.25, -0.2) is 8.42 Å². The number of nitrogens with one attached hydrogen (secondary N) is 1. The Balaban J connectivity index is 1.95. The number of sulfonamides is 1. The minimum absolute atomic E-state index is 0.386. The molecule has 2 rings (SSSR count). The van der Waals surface area contributed by atoms with Gasteiger partial charge in [0.1, 0.15) is 0 Å². The summed E-state index contributed by atoms with van der Waals surface area (Å²) < 4.78 is 25.2. The van der Waals surface area contributed by atoms with Gasteiger partial charge in [0.25, 0.3) is 0 Å². The number of hydrogen-bond donors (Lipinski definition) is 2. The third-order valence-corrected chi connectivity index (χ3v) is 4.32. The van der Waals surface area contributed by atoms with Crippen molar-refractivity contribution in [3.05, 3.63) is 29.8 Å². The van der Waals surface area contributed by atoms with Crippen LogP contribution >= 0.6 is 0 Å². The van der Waals surface area contributed by atoms with Crippen molar-refractivity contribution in [2.75, 3.05) is 23.6 Å². The molecule has 7 heteroatoms. The first-order chi connectivity index (χ1) is 9.44. The summed E-state index contributed by atoms with van der Waals surface area (Å²) in [6.45, 7) is 3.07. The second-order valence-corrected chi connectivity index (χ2v) is 6.66. The SMILES string of the molecule is O=C(O)CS(=O)(=O)Nc1ccc(CN2CCCC2)cc1. The summed E-state index contributed by atoms with van der Waals surface area (Å²) in [4.78, 5) is 12.8. The first-order valence-electron chi connectivity index (χ1n) is 6.48. The van der Waals surface area contributed by atoms with Crippen molar-refractivity contribution >= 4 is 21.7 Å². The maximum absolute atomic E-state index is 11.5. The van der Waals surface area contributed by atoms with E-state index in [0.717, 1.165) is 25.2 Å². The quantitative estimate of drug-likeness (QED) is 0.821. The number of carbonyl (C=O) groups is 1. The second-order valence-electron chi connectivity index (χ2n) is 4.94. The maximum Gasteiger partial charge on any atom is 0.320 e. The van der Waals surface area contributed by atoms with Crippen molar-refractivity contribution < 1.29 is 18.3 Å². The molecule has 110 valence electrons. The molecule has 1 aromatic carbocycles. The molecule has 0 amide bonds. The lowest BCUT2D eigenvalue weighted by Crippen LogP contribution is -2.22. The summed E-state index contributed by atoms with van der Waals surface area (Å²) in [6, 6.07) is 7.03. The molecule has 2 N–H and O–H groups in total. The second kappa shape index (κ2) is 6.23. The van der Waals surface area contributed by atoms with E-state index in [4.69, 9.17) is 5.11 Å². The van der Waals surface area contributed by atoms with Gasteiger partial charge in [-0.2, -0.15) is 0 Å². The highest BCUT2D eigenvalue weighted by molar-refractivity contribution is 7.93. The molecule has 1 saturated heterocycles. The number of likely N-dealkylation sites (tertiary alicyclic amines) is 1. The predicted molar refractivity (Wildman–Crippen MR) is 76.0 cm³/mol. The van der Waals surface area contributed by atoms with Gasteiger partial charge in [-0.15, -0.1) is 0 Å². The Morgan fingerprint density at radius 2 is 1.80 bits per heavy atom. The minimum atomic E-state index is -3.83.